The SMILES string of the molecule is COCCC(N)C(=O)Nc1ccnc(C)c1. The summed E-state index contributed by atoms with van der Waals surface area (Å²) in [6.07, 6.45) is 2.15. The summed E-state index contributed by atoms with van der Waals surface area (Å²) in [6, 6.07) is 2.97. The van der Waals surface area contributed by atoms with E-state index < -0.39 is 6.04 Å². The minimum absolute atomic E-state index is 0.206. The number of nitrogens with two attached hydrogens (primary N) is 1. The number of pyridine rings is 1. The zero-order valence-corrected chi connectivity index (χ0v) is 9.56. The largest absolute Gasteiger partial charge is 0.385 e. The molecule has 1 atom stereocenters. The number of aryl methyl sites for hydroxylation is 1. The van der Waals surface area contributed by atoms with E-state index in [1.807, 2.05) is 6.92 Å². The van der Waals surface area contributed by atoms with Crippen LogP contribution in [0.15, 0.2) is 18.3 Å². The molecule has 0 fully saturated rings. The Morgan fingerprint density at radius 2 is 2.44 bits per heavy atom. The first-order chi connectivity index (χ1) is 7.63. The molecule has 0 aliphatic heterocycles. The van der Waals surface area contributed by atoms with Gasteiger partial charge in [-0.1, -0.05) is 0 Å². The van der Waals surface area contributed by atoms with E-state index in [1.54, 1.807) is 25.4 Å². The molecule has 3 N–H and O–H groups in total. The van der Waals surface area contributed by atoms with Crippen molar-refractivity contribution in [2.75, 3.05) is 19.0 Å². The molecule has 0 saturated heterocycles. The third-order valence-corrected chi connectivity index (χ3v) is 2.13. The van der Waals surface area contributed by atoms with Crippen molar-refractivity contribution in [2.45, 2.75) is 19.4 Å². The molecule has 0 bridgehead atoms. The van der Waals surface area contributed by atoms with Crippen molar-refractivity contribution in [3.8, 4) is 0 Å². The Kier molecular flexibility index (Phi) is 4.88. The molecule has 1 unspecified atom stereocenters. The van der Waals surface area contributed by atoms with Gasteiger partial charge >= 0.3 is 0 Å². The Morgan fingerprint density at radius 3 is 3.06 bits per heavy atom. The lowest BCUT2D eigenvalue weighted by Gasteiger charge is -2.11. The topological polar surface area (TPSA) is 77.2 Å². The smallest absolute Gasteiger partial charge is 0.241 e. The Balaban J connectivity index is 2.50. The van der Waals surface area contributed by atoms with Crippen LogP contribution in [-0.2, 0) is 9.53 Å². The summed E-state index contributed by atoms with van der Waals surface area (Å²) in [7, 11) is 1.58. The minimum Gasteiger partial charge on any atom is -0.385 e. The maximum atomic E-state index is 11.6. The molecule has 88 valence electrons. The number of nitrogens with one attached hydrogen (secondary N) is 1. The summed E-state index contributed by atoms with van der Waals surface area (Å²) < 4.78 is 4.86. The van der Waals surface area contributed by atoms with Crippen LogP contribution in [0, 0.1) is 6.92 Å². The van der Waals surface area contributed by atoms with E-state index in [0.717, 1.165) is 5.69 Å². The van der Waals surface area contributed by atoms with Crippen LogP contribution in [0.1, 0.15) is 12.1 Å². The van der Waals surface area contributed by atoms with E-state index in [1.165, 1.54) is 0 Å². The van der Waals surface area contributed by atoms with Gasteiger partial charge in [-0.2, -0.15) is 0 Å². The average molecular weight is 223 g/mol. The molecule has 0 aromatic carbocycles. The van der Waals surface area contributed by atoms with Crippen molar-refractivity contribution in [2.24, 2.45) is 5.73 Å². The van der Waals surface area contributed by atoms with E-state index in [9.17, 15) is 4.79 Å². The number of anilines is 1. The third-order valence-electron chi connectivity index (χ3n) is 2.13. The van der Waals surface area contributed by atoms with E-state index in [-0.39, 0.29) is 5.91 Å². The maximum Gasteiger partial charge on any atom is 0.241 e. The van der Waals surface area contributed by atoms with Gasteiger partial charge in [0.05, 0.1) is 6.04 Å². The first-order valence-electron chi connectivity index (χ1n) is 5.11. The lowest BCUT2D eigenvalue weighted by atomic mass is 10.2. The highest BCUT2D eigenvalue weighted by molar-refractivity contribution is 5.94. The van der Waals surface area contributed by atoms with Gasteiger partial charge in [-0.25, -0.2) is 0 Å². The molecule has 0 aliphatic rings. The van der Waals surface area contributed by atoms with Crippen LogP contribution in [0.25, 0.3) is 0 Å². The minimum atomic E-state index is -0.548. The number of hydrogen-bond acceptors (Lipinski definition) is 4. The monoisotopic (exact) mass is 223 g/mol. The number of methoxy groups -OCH3 is 1. The predicted octanol–water partition coefficient (Wildman–Crippen LogP) is 0.692. The van der Waals surface area contributed by atoms with E-state index in [2.05, 4.69) is 10.3 Å². The fourth-order valence-electron chi connectivity index (χ4n) is 1.23. The highest BCUT2D eigenvalue weighted by atomic mass is 16.5. The molecule has 0 radical (unpaired) electrons. The van der Waals surface area contributed by atoms with E-state index in [0.29, 0.717) is 18.7 Å². The van der Waals surface area contributed by atoms with Crippen LogP contribution < -0.4 is 11.1 Å². The Morgan fingerprint density at radius 1 is 1.69 bits per heavy atom. The zero-order valence-electron chi connectivity index (χ0n) is 9.56. The molecule has 0 aliphatic carbocycles. The number of aromatic nitrogens is 1. The quantitative estimate of drug-likeness (QED) is 0.770. The summed E-state index contributed by atoms with van der Waals surface area (Å²) in [4.78, 5) is 15.7. The number of nitrogens with zero attached hydrogens (tertiary/aromatic N) is 1. The van der Waals surface area contributed by atoms with Crippen LogP contribution >= 0.6 is 0 Å². The number of ether oxygens (including phenoxy) is 1. The summed E-state index contributed by atoms with van der Waals surface area (Å²) >= 11 is 0. The summed E-state index contributed by atoms with van der Waals surface area (Å²) in [5.74, 6) is -0.206. The second-order valence-electron chi connectivity index (χ2n) is 3.56. The van der Waals surface area contributed by atoms with E-state index >= 15 is 0 Å². The molecule has 1 amide bonds. The maximum absolute atomic E-state index is 11.6. The number of hydrogen-bond donors (Lipinski definition) is 2. The summed E-state index contributed by atoms with van der Waals surface area (Å²) in [6.45, 7) is 2.34. The highest BCUT2D eigenvalue weighted by Crippen LogP contribution is 2.07. The molecule has 5 nitrogen and oxygen atoms in total. The number of carbonyl (C=O) groups excluding carboxylic acids is 1. The van der Waals surface area contributed by atoms with Gasteiger partial charge in [0.15, 0.2) is 0 Å². The average Bonchev–Trinajstić information content (AvgIpc) is 2.25. The van der Waals surface area contributed by atoms with E-state index in [4.69, 9.17) is 10.5 Å². The normalized spacial score (nSPS) is 12.2. The van der Waals surface area contributed by atoms with Crippen molar-refractivity contribution >= 4 is 11.6 Å². The van der Waals surface area contributed by atoms with Gasteiger partial charge in [0.2, 0.25) is 5.91 Å². The van der Waals surface area contributed by atoms with Crippen LogP contribution in [0.2, 0.25) is 0 Å². The predicted molar refractivity (Wildman–Crippen MR) is 62.1 cm³/mol. The molecule has 5 heteroatoms. The molecular formula is C11H17N3O2. The molecule has 1 aromatic heterocycles. The van der Waals surface area contributed by atoms with Crippen LogP contribution in [0.5, 0.6) is 0 Å². The van der Waals surface area contributed by atoms with Crippen LogP contribution in [-0.4, -0.2) is 30.6 Å². The number of rotatable bonds is 5. The third kappa shape index (κ3) is 3.96. The first kappa shape index (κ1) is 12.6. The van der Waals surface area contributed by atoms with Gasteiger partial charge in [0.1, 0.15) is 0 Å². The van der Waals surface area contributed by atoms with Crippen molar-refractivity contribution in [1.82, 2.24) is 4.98 Å². The van der Waals surface area contributed by atoms with Crippen molar-refractivity contribution in [1.29, 1.82) is 0 Å². The van der Waals surface area contributed by atoms with Gasteiger partial charge in [-0.3, -0.25) is 9.78 Å². The van der Waals surface area contributed by atoms with Crippen LogP contribution in [0.4, 0.5) is 5.69 Å². The van der Waals surface area contributed by atoms with Crippen molar-refractivity contribution in [3.63, 3.8) is 0 Å². The standard InChI is InChI=1S/C11H17N3O2/c1-8-7-9(3-5-13-8)14-11(15)10(12)4-6-16-2/h3,5,7,10H,4,6,12H2,1-2H3,(H,13,14,15). The Labute approximate surface area is 95.0 Å². The molecule has 16 heavy (non-hydrogen) atoms. The van der Waals surface area contributed by atoms with Gasteiger partial charge in [-0.05, 0) is 25.5 Å². The number of carbonyl (C=O) groups is 1. The van der Waals surface area contributed by atoms with Gasteiger partial charge in [0, 0.05) is 31.3 Å². The molecular weight excluding hydrogens is 206 g/mol. The Bertz CT molecular complexity index is 355. The lowest BCUT2D eigenvalue weighted by molar-refractivity contribution is -0.117. The Hall–Kier alpha value is -1.46. The highest BCUT2D eigenvalue weighted by Gasteiger charge is 2.12. The van der Waals surface area contributed by atoms with Crippen molar-refractivity contribution < 1.29 is 9.53 Å². The molecule has 0 saturated carbocycles. The summed E-state index contributed by atoms with van der Waals surface area (Å²) in [5, 5.41) is 2.73. The van der Waals surface area contributed by atoms with Crippen LogP contribution in [0.3, 0.4) is 0 Å². The first-order valence-corrected chi connectivity index (χ1v) is 5.11. The molecule has 1 aromatic rings. The second kappa shape index (κ2) is 6.19. The van der Waals surface area contributed by atoms with Gasteiger partial charge < -0.3 is 15.8 Å². The van der Waals surface area contributed by atoms with Gasteiger partial charge in [0.25, 0.3) is 0 Å². The van der Waals surface area contributed by atoms with Crippen molar-refractivity contribution in [3.05, 3.63) is 24.0 Å². The van der Waals surface area contributed by atoms with Gasteiger partial charge in [-0.15, -0.1) is 0 Å². The molecule has 0 spiro atoms. The number of amides is 1. The molecule has 1 rings (SSSR count). The second-order valence-corrected chi connectivity index (χ2v) is 3.56. The fraction of sp³-hybridized carbons (Fsp3) is 0.455. The summed E-state index contributed by atoms with van der Waals surface area (Å²) in [5.41, 5.74) is 7.25. The fourth-order valence-corrected chi connectivity index (χ4v) is 1.23. The lowest BCUT2D eigenvalue weighted by Crippen LogP contribution is -2.36. The zero-order chi connectivity index (χ0) is 12.0. The molecule has 1 heterocycles.